The Labute approximate surface area is 118 Å². The lowest BCUT2D eigenvalue weighted by atomic mass is 9.82. The van der Waals surface area contributed by atoms with Crippen molar-refractivity contribution in [3.63, 3.8) is 0 Å². The molecule has 1 fully saturated rings. The normalized spacial score (nSPS) is 16.8. The zero-order chi connectivity index (χ0) is 14.4. The van der Waals surface area contributed by atoms with Crippen LogP contribution in [-0.2, 0) is 20.9 Å². The predicted molar refractivity (Wildman–Crippen MR) is 74.0 cm³/mol. The molecule has 0 amide bonds. The van der Waals surface area contributed by atoms with Gasteiger partial charge in [-0.25, -0.2) is 0 Å². The summed E-state index contributed by atoms with van der Waals surface area (Å²) in [7, 11) is 0. The monoisotopic (exact) mass is 276 g/mol. The van der Waals surface area contributed by atoms with Gasteiger partial charge in [-0.2, -0.15) is 0 Å². The molecular formula is C16H20O4. The number of rotatable bonds is 6. The molecule has 1 aromatic carbocycles. The molecule has 1 aliphatic carbocycles. The number of carbonyl (C=O) groups is 2. The average molecular weight is 276 g/mol. The summed E-state index contributed by atoms with van der Waals surface area (Å²) in [6.07, 6.45) is 3.79. The van der Waals surface area contributed by atoms with Crippen LogP contribution >= 0.6 is 0 Å². The first-order chi connectivity index (χ1) is 9.62. The van der Waals surface area contributed by atoms with Gasteiger partial charge in [0, 0.05) is 6.42 Å². The van der Waals surface area contributed by atoms with Crippen molar-refractivity contribution in [2.24, 2.45) is 5.41 Å². The number of carboxylic acid groups (broad SMARTS) is 1. The molecule has 4 heteroatoms. The number of ether oxygens (including phenoxy) is 1. The maximum Gasteiger partial charge on any atom is 0.309 e. The molecule has 0 aliphatic heterocycles. The Bertz CT molecular complexity index is 461. The topological polar surface area (TPSA) is 63.6 Å². The molecule has 0 aromatic heterocycles. The summed E-state index contributed by atoms with van der Waals surface area (Å²) in [5.41, 5.74) is 0.237. The summed E-state index contributed by atoms with van der Waals surface area (Å²) in [5, 5.41) is 9.33. The van der Waals surface area contributed by atoms with E-state index in [0.29, 0.717) is 19.3 Å². The Morgan fingerprint density at radius 3 is 2.40 bits per heavy atom. The van der Waals surface area contributed by atoms with Crippen molar-refractivity contribution in [2.45, 2.75) is 45.1 Å². The molecule has 0 heterocycles. The molecule has 0 radical (unpaired) electrons. The van der Waals surface area contributed by atoms with Crippen molar-refractivity contribution in [3.8, 4) is 0 Å². The van der Waals surface area contributed by atoms with Gasteiger partial charge in [-0.1, -0.05) is 43.2 Å². The van der Waals surface area contributed by atoms with Gasteiger partial charge in [-0.05, 0) is 24.8 Å². The standard InChI is InChI=1S/C16H20O4/c17-14(20-12-13-6-2-1-3-7-13)8-11-16(15(18)19)9-4-5-10-16/h1-3,6-7H,4-5,8-12H2,(H,18,19). The van der Waals surface area contributed by atoms with Gasteiger partial charge in [0.05, 0.1) is 5.41 Å². The van der Waals surface area contributed by atoms with E-state index >= 15 is 0 Å². The van der Waals surface area contributed by atoms with E-state index in [2.05, 4.69) is 0 Å². The van der Waals surface area contributed by atoms with E-state index in [0.717, 1.165) is 18.4 Å². The molecule has 0 bridgehead atoms. The van der Waals surface area contributed by atoms with Crippen molar-refractivity contribution in [2.75, 3.05) is 0 Å². The summed E-state index contributed by atoms with van der Waals surface area (Å²) in [4.78, 5) is 23.1. The van der Waals surface area contributed by atoms with Gasteiger partial charge in [0.2, 0.25) is 0 Å². The zero-order valence-electron chi connectivity index (χ0n) is 11.5. The van der Waals surface area contributed by atoms with Crippen LogP contribution in [0.3, 0.4) is 0 Å². The summed E-state index contributed by atoms with van der Waals surface area (Å²) >= 11 is 0. The minimum atomic E-state index is -0.772. The fourth-order valence-corrected chi connectivity index (χ4v) is 2.77. The predicted octanol–water partition coefficient (Wildman–Crippen LogP) is 3.16. The Kier molecular flexibility index (Phi) is 4.77. The lowest BCUT2D eigenvalue weighted by Crippen LogP contribution is -2.28. The highest BCUT2D eigenvalue weighted by Crippen LogP contribution is 2.42. The van der Waals surface area contributed by atoms with Crippen LogP contribution < -0.4 is 0 Å². The second-order valence-electron chi connectivity index (χ2n) is 5.44. The van der Waals surface area contributed by atoms with Crippen LogP contribution in [0.1, 0.15) is 44.1 Å². The highest BCUT2D eigenvalue weighted by Gasteiger charge is 2.41. The van der Waals surface area contributed by atoms with E-state index in [1.54, 1.807) is 0 Å². The van der Waals surface area contributed by atoms with Gasteiger partial charge < -0.3 is 9.84 Å². The number of hydrogen-bond acceptors (Lipinski definition) is 3. The molecule has 108 valence electrons. The second kappa shape index (κ2) is 6.55. The van der Waals surface area contributed by atoms with E-state index < -0.39 is 11.4 Å². The molecule has 1 aliphatic rings. The number of hydrogen-bond donors (Lipinski definition) is 1. The zero-order valence-corrected chi connectivity index (χ0v) is 11.5. The van der Waals surface area contributed by atoms with Gasteiger partial charge in [0.25, 0.3) is 0 Å². The second-order valence-corrected chi connectivity index (χ2v) is 5.44. The van der Waals surface area contributed by atoms with Crippen LogP contribution in [0.4, 0.5) is 0 Å². The summed E-state index contributed by atoms with van der Waals surface area (Å²) in [6, 6.07) is 9.47. The third-order valence-corrected chi connectivity index (χ3v) is 4.06. The number of carbonyl (C=O) groups excluding carboxylic acids is 1. The lowest BCUT2D eigenvalue weighted by molar-refractivity contribution is -0.151. The fourth-order valence-electron chi connectivity index (χ4n) is 2.77. The van der Waals surface area contributed by atoms with E-state index in [4.69, 9.17) is 4.74 Å². The summed E-state index contributed by atoms with van der Waals surface area (Å²) < 4.78 is 5.18. The van der Waals surface area contributed by atoms with Gasteiger partial charge >= 0.3 is 11.9 Å². The maximum absolute atomic E-state index is 11.7. The van der Waals surface area contributed by atoms with E-state index in [1.807, 2.05) is 30.3 Å². The smallest absolute Gasteiger partial charge is 0.309 e. The molecule has 0 unspecified atom stereocenters. The summed E-state index contributed by atoms with van der Waals surface area (Å²) in [5.74, 6) is -1.09. The Morgan fingerprint density at radius 2 is 1.80 bits per heavy atom. The van der Waals surface area contributed by atoms with Crippen molar-refractivity contribution in [3.05, 3.63) is 35.9 Å². The number of esters is 1. The van der Waals surface area contributed by atoms with Crippen LogP contribution in [0.25, 0.3) is 0 Å². The van der Waals surface area contributed by atoms with Crippen molar-refractivity contribution in [1.29, 1.82) is 0 Å². The Hall–Kier alpha value is -1.84. The third kappa shape index (κ3) is 3.59. The van der Waals surface area contributed by atoms with Gasteiger partial charge in [-0.15, -0.1) is 0 Å². The molecule has 1 aromatic rings. The van der Waals surface area contributed by atoms with Crippen LogP contribution in [0.2, 0.25) is 0 Å². The van der Waals surface area contributed by atoms with Gasteiger partial charge in [0.15, 0.2) is 0 Å². The molecule has 2 rings (SSSR count). The molecule has 0 spiro atoms. The minimum absolute atomic E-state index is 0.180. The molecule has 4 nitrogen and oxygen atoms in total. The van der Waals surface area contributed by atoms with Crippen molar-refractivity contribution >= 4 is 11.9 Å². The van der Waals surface area contributed by atoms with Crippen LogP contribution in [0.5, 0.6) is 0 Å². The van der Waals surface area contributed by atoms with Crippen LogP contribution in [0.15, 0.2) is 30.3 Å². The van der Waals surface area contributed by atoms with Gasteiger partial charge in [0.1, 0.15) is 6.61 Å². The number of aliphatic carboxylic acids is 1. The average Bonchev–Trinajstić information content (AvgIpc) is 2.94. The van der Waals surface area contributed by atoms with E-state index in [-0.39, 0.29) is 19.0 Å². The minimum Gasteiger partial charge on any atom is -0.481 e. The van der Waals surface area contributed by atoms with Crippen LogP contribution in [0, 0.1) is 5.41 Å². The van der Waals surface area contributed by atoms with E-state index in [9.17, 15) is 14.7 Å². The third-order valence-electron chi connectivity index (χ3n) is 4.06. The van der Waals surface area contributed by atoms with Crippen molar-refractivity contribution in [1.82, 2.24) is 0 Å². The maximum atomic E-state index is 11.7. The SMILES string of the molecule is O=C(CCC1(C(=O)O)CCCC1)OCc1ccccc1. The molecule has 1 N–H and O–H groups in total. The van der Waals surface area contributed by atoms with Crippen molar-refractivity contribution < 1.29 is 19.4 Å². The first kappa shape index (κ1) is 14.6. The molecule has 1 saturated carbocycles. The lowest BCUT2D eigenvalue weighted by Gasteiger charge is -2.22. The molecular weight excluding hydrogens is 256 g/mol. The first-order valence-electron chi connectivity index (χ1n) is 7.05. The van der Waals surface area contributed by atoms with E-state index in [1.165, 1.54) is 0 Å². The fraction of sp³-hybridized carbons (Fsp3) is 0.500. The summed E-state index contributed by atoms with van der Waals surface area (Å²) in [6.45, 7) is 0.250. The van der Waals surface area contributed by atoms with Gasteiger partial charge in [-0.3, -0.25) is 9.59 Å². The molecule has 0 saturated heterocycles. The van der Waals surface area contributed by atoms with Crippen LogP contribution in [-0.4, -0.2) is 17.0 Å². The highest BCUT2D eigenvalue weighted by atomic mass is 16.5. The largest absolute Gasteiger partial charge is 0.481 e. The first-order valence-corrected chi connectivity index (χ1v) is 7.05. The molecule has 0 atom stereocenters. The Balaban J connectivity index is 1.78. The number of benzene rings is 1. The highest BCUT2D eigenvalue weighted by molar-refractivity contribution is 5.76. The quantitative estimate of drug-likeness (QED) is 0.811. The molecule has 20 heavy (non-hydrogen) atoms. The number of carboxylic acids is 1. The Morgan fingerprint density at radius 1 is 1.15 bits per heavy atom.